The summed E-state index contributed by atoms with van der Waals surface area (Å²) in [4.78, 5) is 34.1. The van der Waals surface area contributed by atoms with Gasteiger partial charge in [0.25, 0.3) is 5.91 Å². The van der Waals surface area contributed by atoms with E-state index in [1.54, 1.807) is 0 Å². The lowest BCUT2D eigenvalue weighted by Gasteiger charge is -2.45. The fourth-order valence-corrected chi connectivity index (χ4v) is 7.49. The van der Waals surface area contributed by atoms with Crippen LogP contribution in [0.15, 0.2) is 54.6 Å². The van der Waals surface area contributed by atoms with Crippen molar-refractivity contribution in [3.8, 4) is 0 Å². The summed E-state index contributed by atoms with van der Waals surface area (Å²) in [6.07, 6.45) is 5.47. The summed E-state index contributed by atoms with van der Waals surface area (Å²) in [6, 6.07) is 19.2. The monoisotopic (exact) mass is 513 g/mol. The molecule has 0 bridgehead atoms. The predicted molar refractivity (Wildman–Crippen MR) is 151 cm³/mol. The number of hydrogen-bond acceptors (Lipinski definition) is 4. The van der Waals surface area contributed by atoms with Gasteiger partial charge in [-0.1, -0.05) is 48.5 Å². The van der Waals surface area contributed by atoms with Crippen LogP contribution in [0.4, 0.5) is 0 Å². The molecule has 38 heavy (non-hydrogen) atoms. The van der Waals surface area contributed by atoms with Crippen LogP contribution < -0.4 is 0 Å². The number of aliphatic hydroxyl groups is 1. The Labute approximate surface area is 225 Å². The van der Waals surface area contributed by atoms with E-state index in [4.69, 9.17) is 0 Å². The van der Waals surface area contributed by atoms with E-state index in [1.807, 2.05) is 34.1 Å². The van der Waals surface area contributed by atoms with E-state index in [2.05, 4.69) is 42.2 Å². The number of carbonyl (C=O) groups excluding carboxylic acids is 2. The first-order valence-corrected chi connectivity index (χ1v) is 14.4. The number of piperidine rings is 2. The number of fused-ring (bicyclic) bond motifs is 2. The highest BCUT2D eigenvalue weighted by Gasteiger charge is 2.52. The van der Waals surface area contributed by atoms with Crippen LogP contribution in [0.2, 0.25) is 0 Å². The van der Waals surface area contributed by atoms with Crippen LogP contribution in [0, 0.1) is 5.41 Å². The summed E-state index contributed by atoms with van der Waals surface area (Å²) >= 11 is 0. The minimum atomic E-state index is -0.276. The van der Waals surface area contributed by atoms with Crippen LogP contribution in [0.25, 0.3) is 21.5 Å². The molecule has 0 saturated carbocycles. The molecule has 2 unspecified atom stereocenters. The van der Waals surface area contributed by atoms with Gasteiger partial charge in [0.1, 0.15) is 0 Å². The van der Waals surface area contributed by atoms with E-state index < -0.39 is 0 Å². The van der Waals surface area contributed by atoms with E-state index in [9.17, 15) is 14.7 Å². The second-order valence-corrected chi connectivity index (χ2v) is 11.7. The summed E-state index contributed by atoms with van der Waals surface area (Å²) in [5, 5.41) is 13.5. The molecular formula is C32H39N3O3. The molecule has 3 aliphatic heterocycles. The molecule has 1 spiro atoms. The zero-order chi connectivity index (χ0) is 26.3. The molecule has 6 nitrogen and oxygen atoms in total. The number of amides is 2. The van der Waals surface area contributed by atoms with Gasteiger partial charge >= 0.3 is 0 Å². The van der Waals surface area contributed by atoms with Crippen molar-refractivity contribution in [1.82, 2.24) is 14.7 Å². The molecule has 6 rings (SSSR count). The average Bonchev–Trinajstić information content (AvgIpc) is 3.17. The molecule has 0 aromatic heterocycles. The Morgan fingerprint density at radius 2 is 1.66 bits per heavy atom. The number of aliphatic hydroxyl groups excluding tert-OH is 1. The molecule has 3 aliphatic rings. The SMILES string of the molecule is CC1CC2(CCCN(C3CCN(C(=O)c4c5ccccc5cc5ccccc45)CC3)C2)C(=O)N1CCCO. The van der Waals surface area contributed by atoms with E-state index >= 15 is 0 Å². The van der Waals surface area contributed by atoms with Crippen molar-refractivity contribution in [2.45, 2.75) is 57.5 Å². The van der Waals surface area contributed by atoms with Gasteiger partial charge in [-0.25, -0.2) is 0 Å². The third-order valence-corrected chi connectivity index (χ3v) is 9.35. The van der Waals surface area contributed by atoms with Gasteiger partial charge in [0.05, 0.1) is 11.0 Å². The first-order valence-electron chi connectivity index (χ1n) is 14.4. The van der Waals surface area contributed by atoms with Crippen molar-refractivity contribution in [3.63, 3.8) is 0 Å². The quantitative estimate of drug-likeness (QED) is 0.503. The molecule has 3 fully saturated rings. The number of hydrogen-bond donors (Lipinski definition) is 1. The summed E-state index contributed by atoms with van der Waals surface area (Å²) < 4.78 is 0. The largest absolute Gasteiger partial charge is 0.396 e. The van der Waals surface area contributed by atoms with Gasteiger partial charge in [0.15, 0.2) is 0 Å². The van der Waals surface area contributed by atoms with Crippen LogP contribution in [0.3, 0.4) is 0 Å². The molecule has 6 heteroatoms. The number of likely N-dealkylation sites (tertiary alicyclic amines) is 3. The maximum Gasteiger partial charge on any atom is 0.255 e. The van der Waals surface area contributed by atoms with Gasteiger partial charge in [0.2, 0.25) is 5.91 Å². The number of nitrogens with zero attached hydrogens (tertiary/aromatic N) is 3. The smallest absolute Gasteiger partial charge is 0.255 e. The summed E-state index contributed by atoms with van der Waals surface area (Å²) in [7, 11) is 0. The van der Waals surface area contributed by atoms with Crippen molar-refractivity contribution in [2.75, 3.05) is 39.3 Å². The predicted octanol–water partition coefficient (Wildman–Crippen LogP) is 4.68. The normalized spacial score (nSPS) is 25.2. The van der Waals surface area contributed by atoms with Gasteiger partial charge in [-0.2, -0.15) is 0 Å². The zero-order valence-corrected chi connectivity index (χ0v) is 22.4. The zero-order valence-electron chi connectivity index (χ0n) is 22.4. The summed E-state index contributed by atoms with van der Waals surface area (Å²) in [5.41, 5.74) is 0.546. The highest BCUT2D eigenvalue weighted by Crippen LogP contribution is 2.44. The molecule has 0 aliphatic carbocycles. The molecule has 2 amide bonds. The Kier molecular flexibility index (Phi) is 6.87. The topological polar surface area (TPSA) is 64.1 Å². The summed E-state index contributed by atoms with van der Waals surface area (Å²) in [5.74, 6) is 0.421. The lowest BCUT2D eigenvalue weighted by molar-refractivity contribution is -0.140. The number of carbonyl (C=O) groups is 2. The van der Waals surface area contributed by atoms with Gasteiger partial charge in [-0.3, -0.25) is 14.5 Å². The third kappa shape index (κ3) is 4.38. The first-order chi connectivity index (χ1) is 18.5. The van der Waals surface area contributed by atoms with Crippen molar-refractivity contribution in [3.05, 3.63) is 60.2 Å². The van der Waals surface area contributed by atoms with E-state index in [0.717, 1.165) is 85.4 Å². The molecule has 3 heterocycles. The average molecular weight is 514 g/mol. The van der Waals surface area contributed by atoms with Crippen molar-refractivity contribution < 1.29 is 14.7 Å². The molecule has 1 N–H and O–H groups in total. The summed E-state index contributed by atoms with van der Waals surface area (Å²) in [6.45, 7) is 6.30. The van der Waals surface area contributed by atoms with E-state index in [1.165, 1.54) is 0 Å². The fourth-order valence-electron chi connectivity index (χ4n) is 7.49. The Hall–Kier alpha value is -2.96. The van der Waals surface area contributed by atoms with Crippen LogP contribution in [-0.4, -0.2) is 83.0 Å². The van der Waals surface area contributed by atoms with Crippen LogP contribution in [0.5, 0.6) is 0 Å². The van der Waals surface area contributed by atoms with E-state index in [0.29, 0.717) is 24.9 Å². The van der Waals surface area contributed by atoms with Gasteiger partial charge < -0.3 is 14.9 Å². The highest BCUT2D eigenvalue weighted by atomic mass is 16.3. The minimum absolute atomic E-state index is 0.126. The van der Waals surface area contributed by atoms with Crippen LogP contribution >= 0.6 is 0 Å². The first kappa shape index (κ1) is 25.3. The van der Waals surface area contributed by atoms with Crippen LogP contribution in [0.1, 0.15) is 55.8 Å². The Morgan fingerprint density at radius 3 is 2.32 bits per heavy atom. The molecule has 3 saturated heterocycles. The number of rotatable bonds is 5. The Bertz CT molecular complexity index is 1290. The Morgan fingerprint density at radius 1 is 1.00 bits per heavy atom. The van der Waals surface area contributed by atoms with Gasteiger partial charge in [-0.05, 0) is 79.6 Å². The maximum atomic E-state index is 14.0. The van der Waals surface area contributed by atoms with Gasteiger partial charge in [0, 0.05) is 44.9 Å². The molecule has 200 valence electrons. The second-order valence-electron chi connectivity index (χ2n) is 11.7. The molecule has 0 radical (unpaired) electrons. The molecule has 2 atom stereocenters. The van der Waals surface area contributed by atoms with Gasteiger partial charge in [-0.15, -0.1) is 0 Å². The lowest BCUT2D eigenvalue weighted by Crippen LogP contribution is -2.54. The minimum Gasteiger partial charge on any atom is -0.396 e. The van der Waals surface area contributed by atoms with E-state index in [-0.39, 0.29) is 24.0 Å². The fraction of sp³-hybridized carbons (Fsp3) is 0.500. The highest BCUT2D eigenvalue weighted by molar-refractivity contribution is 6.18. The number of benzene rings is 3. The maximum absolute atomic E-state index is 14.0. The van der Waals surface area contributed by atoms with Crippen molar-refractivity contribution >= 4 is 33.4 Å². The third-order valence-electron chi connectivity index (χ3n) is 9.35. The van der Waals surface area contributed by atoms with Crippen molar-refractivity contribution in [2.24, 2.45) is 5.41 Å². The Balaban J connectivity index is 1.17. The van der Waals surface area contributed by atoms with Crippen LogP contribution in [-0.2, 0) is 4.79 Å². The lowest BCUT2D eigenvalue weighted by atomic mass is 9.76. The molecule has 3 aromatic carbocycles. The molecular weight excluding hydrogens is 474 g/mol. The second kappa shape index (κ2) is 10.3. The standard InChI is InChI=1S/C32H39N3O3/c1-23-21-32(31(38)35(23)16-7-19-36)14-6-15-34(22-32)26-12-17-33(18-13-26)30(37)29-27-10-4-2-8-24(27)20-25-9-3-5-11-28(25)29/h2-5,8-11,20,23,26,36H,6-7,12-19,21-22H2,1H3. The van der Waals surface area contributed by atoms with Crippen molar-refractivity contribution in [1.29, 1.82) is 0 Å². The molecule has 3 aromatic rings.